The molecule has 6 fully saturated rings. The second kappa shape index (κ2) is 32.4. The minimum atomic E-state index is -1.93. The van der Waals surface area contributed by atoms with Crippen LogP contribution < -0.4 is 16.0 Å². The molecule has 0 aliphatic carbocycles. The van der Waals surface area contributed by atoms with Crippen molar-refractivity contribution in [3.8, 4) is 0 Å². The number of nitrogens with one attached hydrogen (secondary N) is 3. The first kappa shape index (κ1) is 75.5. The lowest BCUT2D eigenvalue weighted by Crippen LogP contribution is -2.63. The van der Waals surface area contributed by atoms with Gasteiger partial charge in [0, 0.05) is 16.7 Å². The number of aliphatic hydroxyl groups is 21. The fourth-order valence-corrected chi connectivity index (χ4v) is 11.8. The molecule has 30 atom stereocenters. The maximum absolute atomic E-state index is 14.1. The van der Waals surface area contributed by atoms with Crippen molar-refractivity contribution in [3.05, 3.63) is 70.6 Å². The summed E-state index contributed by atoms with van der Waals surface area (Å²) in [6, 6.07) is 3.25. The van der Waals surface area contributed by atoms with Gasteiger partial charge in [0.25, 0.3) is 17.7 Å². The van der Waals surface area contributed by atoms with Crippen molar-refractivity contribution in [1.82, 2.24) is 60.9 Å². The molecule has 0 radical (unpaired) electrons. The quantitative estimate of drug-likeness (QED) is 0.0310. The summed E-state index contributed by atoms with van der Waals surface area (Å²) in [5.41, 5.74) is -1.05. The van der Waals surface area contributed by atoms with Crippen molar-refractivity contribution in [2.45, 2.75) is 204 Å². The van der Waals surface area contributed by atoms with Crippen LogP contribution >= 0.6 is 0 Å². The number of ether oxygens (including phenoxy) is 9. The number of carbonyl (C=O) groups is 3. The van der Waals surface area contributed by atoms with Gasteiger partial charge in [0.15, 0.2) is 37.6 Å². The van der Waals surface area contributed by atoms with Gasteiger partial charge < -0.3 is 166 Å². The molecular formula is C54H78N12O33. The number of rotatable bonds is 24. The van der Waals surface area contributed by atoms with Crippen LogP contribution in [0.5, 0.6) is 0 Å². The Morgan fingerprint density at radius 2 is 0.576 bits per heavy atom. The molecule has 45 nitrogen and oxygen atoms in total. The Morgan fingerprint density at radius 1 is 0.333 bits per heavy atom. The van der Waals surface area contributed by atoms with Gasteiger partial charge in [-0.05, 0) is 18.2 Å². The van der Waals surface area contributed by atoms with Gasteiger partial charge in [-0.3, -0.25) is 14.4 Å². The predicted octanol–water partition coefficient (Wildman–Crippen LogP) is -15.4. The van der Waals surface area contributed by atoms with Crippen molar-refractivity contribution in [2.24, 2.45) is 0 Å². The Balaban J connectivity index is 0.817. The van der Waals surface area contributed by atoms with E-state index in [9.17, 15) is 122 Å². The molecule has 4 aromatic rings. The van der Waals surface area contributed by atoms with Gasteiger partial charge in [-0.15, -0.1) is 15.3 Å². The monoisotopic (exact) mass is 1420 g/mol. The van der Waals surface area contributed by atoms with Gasteiger partial charge in [-0.25, -0.2) is 14.0 Å². The Morgan fingerprint density at radius 3 is 0.808 bits per heavy atom. The van der Waals surface area contributed by atoms with Gasteiger partial charge in [-0.1, -0.05) is 15.6 Å². The van der Waals surface area contributed by atoms with Crippen LogP contribution in [-0.2, 0) is 62.3 Å². The highest BCUT2D eigenvalue weighted by atomic mass is 16.7. The number of aromatic nitrogens is 9. The molecule has 0 unspecified atom stereocenters. The van der Waals surface area contributed by atoms with Gasteiger partial charge in [-0.2, -0.15) is 0 Å². The first-order chi connectivity index (χ1) is 47.2. The molecule has 0 bridgehead atoms. The lowest BCUT2D eigenvalue weighted by Gasteiger charge is -2.45. The molecule has 10 rings (SSSR count). The average Bonchev–Trinajstić information content (AvgIpc) is 1.66. The van der Waals surface area contributed by atoms with Crippen molar-refractivity contribution in [2.75, 3.05) is 39.6 Å². The summed E-state index contributed by atoms with van der Waals surface area (Å²) in [7, 11) is 0. The third-order valence-electron chi connectivity index (χ3n) is 17.4. The molecule has 1 aromatic carbocycles. The molecule has 9 heterocycles. The van der Waals surface area contributed by atoms with E-state index in [0.29, 0.717) is 0 Å². The summed E-state index contributed by atoms with van der Waals surface area (Å²) in [5, 5.41) is 251. The maximum Gasteiger partial charge on any atom is 0.251 e. The molecule has 3 aromatic heterocycles. The van der Waals surface area contributed by atoms with E-state index in [4.69, 9.17) is 42.6 Å². The van der Waals surface area contributed by atoms with Gasteiger partial charge in [0.2, 0.25) is 0 Å². The predicted molar refractivity (Wildman–Crippen MR) is 305 cm³/mol. The summed E-state index contributed by atoms with van der Waals surface area (Å²) in [4.78, 5) is 42.2. The van der Waals surface area contributed by atoms with Crippen LogP contribution in [0.1, 0.15) is 66.8 Å². The molecule has 6 aliphatic heterocycles. The third kappa shape index (κ3) is 15.9. The molecule has 6 aliphatic rings. The topological polar surface area (TPSA) is 687 Å². The summed E-state index contributed by atoms with van der Waals surface area (Å²) in [6.07, 6.45) is -48.5. The summed E-state index contributed by atoms with van der Waals surface area (Å²) >= 11 is 0. The highest BCUT2D eigenvalue weighted by Crippen LogP contribution is 2.37. The van der Waals surface area contributed by atoms with Crippen LogP contribution in [-0.4, -0.2) is 375 Å². The summed E-state index contributed by atoms with van der Waals surface area (Å²) < 4.78 is 53.1. The van der Waals surface area contributed by atoms with Crippen LogP contribution in [0, 0.1) is 0 Å². The molecule has 3 amide bonds. The van der Waals surface area contributed by atoms with Crippen molar-refractivity contribution in [3.63, 3.8) is 0 Å². The van der Waals surface area contributed by atoms with E-state index in [1.165, 1.54) is 18.6 Å². The minimum Gasteiger partial charge on any atom is -0.394 e. The molecule has 0 spiro atoms. The second-order valence-corrected chi connectivity index (χ2v) is 24.0. The van der Waals surface area contributed by atoms with Crippen molar-refractivity contribution >= 4 is 17.7 Å². The Kier molecular flexibility index (Phi) is 24.8. The number of aliphatic hydroxyl groups excluding tert-OH is 21. The van der Waals surface area contributed by atoms with Crippen LogP contribution in [0.25, 0.3) is 0 Å². The molecule has 45 heteroatoms. The smallest absolute Gasteiger partial charge is 0.251 e. The number of hydrogen-bond donors (Lipinski definition) is 24. The van der Waals surface area contributed by atoms with Gasteiger partial charge >= 0.3 is 0 Å². The molecular weight excluding hydrogens is 1340 g/mol. The second-order valence-electron chi connectivity index (χ2n) is 24.0. The van der Waals surface area contributed by atoms with Gasteiger partial charge in [0.05, 0.1) is 77.9 Å². The first-order valence-corrected chi connectivity index (χ1v) is 30.7. The van der Waals surface area contributed by atoms with Crippen LogP contribution in [0.2, 0.25) is 0 Å². The Bertz CT molecular complexity index is 2970. The molecule has 0 saturated carbocycles. The standard InChI is InChI=1S/C54H78N12O33/c67-10-22-28(73)31(76)40(85)52(94-22)97-43-25(13-70)91-49(37(82)34(43)79)64-7-19(58-61-64)4-55-46(88)16-1-17(47(89)56-5-20-8-65(62-59-20)50-38(83)35(80)44(26(14-71)92-50)98-53-41(86)32(77)29(74)23(11-68)95-53)3-18(2-16)48(90)57-6-21-9-66(63-60-21)51-39(84)36(81)45(27(15-72)93-51)99-54-42(87)33(78)30(75)24(12-69)96-54/h1-3,7-9,22-45,49-54,67-87H,4-6,10-15H2,(H,55,88)(H,56,89)(H,57,90)/t22-,23-,24-,25-,26-,27-,28+,29+,30+,31+,32+,33+,34-,35-,36-,37-,38-,39-,40-,41-,42-,43+,44+,45+,49-,50-,51-,52+,53+,54+/m1/s1. The Labute approximate surface area is 555 Å². The van der Waals surface area contributed by atoms with Crippen LogP contribution in [0.15, 0.2) is 36.8 Å². The average molecular weight is 1420 g/mol. The Hall–Kier alpha value is -6.15. The number of benzene rings is 1. The zero-order valence-electron chi connectivity index (χ0n) is 51.5. The van der Waals surface area contributed by atoms with Crippen LogP contribution in [0.3, 0.4) is 0 Å². The van der Waals surface area contributed by atoms with E-state index < -0.39 is 261 Å². The zero-order chi connectivity index (χ0) is 71.6. The van der Waals surface area contributed by atoms with Gasteiger partial charge in [0.1, 0.15) is 164 Å². The minimum absolute atomic E-state index is 0.0237. The summed E-state index contributed by atoms with van der Waals surface area (Å²) in [5.74, 6) is -2.83. The highest BCUT2D eigenvalue weighted by Gasteiger charge is 2.55. The summed E-state index contributed by atoms with van der Waals surface area (Å²) in [6.45, 7) is -6.44. The highest BCUT2D eigenvalue weighted by molar-refractivity contribution is 6.04. The van der Waals surface area contributed by atoms with E-state index in [1.54, 1.807) is 0 Å². The SMILES string of the molecule is O=C(NCc1cn([C@@H]2O[C@H](CO)[C@H](O[C@@H]3O[C@H](CO)[C@H](O)[C@H](O)[C@H]3O)[C@H](O)[C@H]2O)nn1)c1cc(C(=O)NCc2cn([C@@H]3O[C@H](CO)[C@H](O[C@@H]4O[C@H](CO)[C@H](O)[C@H](O)[C@H]4O)[C@H](O)[C@H]3O)nn2)cc(C(=O)NCc2cn([C@@H]3O[C@H](CO)[C@H](O[C@@H]4O[C@H](CO)[C@H](O)[C@H](O)[C@H]4O)[C@H](O)[C@H]3O)nn2)c1. The maximum atomic E-state index is 14.1. The molecule has 6 saturated heterocycles. The third-order valence-corrected chi connectivity index (χ3v) is 17.4. The van der Waals surface area contributed by atoms with Crippen molar-refractivity contribution in [1.29, 1.82) is 0 Å². The van der Waals surface area contributed by atoms with Crippen LogP contribution in [0.4, 0.5) is 0 Å². The fraction of sp³-hybridized carbons (Fsp3) is 0.722. The van der Waals surface area contributed by atoms with E-state index in [2.05, 4.69) is 46.9 Å². The lowest BCUT2D eigenvalue weighted by molar-refractivity contribution is -0.347. The molecule has 99 heavy (non-hydrogen) atoms. The normalized spacial score (nSPS) is 39.7. The van der Waals surface area contributed by atoms with E-state index in [-0.39, 0.29) is 33.8 Å². The fourth-order valence-electron chi connectivity index (χ4n) is 11.8. The van der Waals surface area contributed by atoms with Crippen molar-refractivity contribution < 1.29 is 164 Å². The first-order valence-electron chi connectivity index (χ1n) is 30.7. The molecule has 552 valence electrons. The van der Waals surface area contributed by atoms with E-state index in [0.717, 1.165) is 32.2 Å². The number of hydrogen-bond acceptors (Lipinski definition) is 39. The van der Waals surface area contributed by atoms with E-state index >= 15 is 0 Å². The number of carbonyl (C=O) groups excluding carboxylic acids is 3. The molecule has 24 N–H and O–H groups in total. The zero-order valence-corrected chi connectivity index (χ0v) is 51.5. The van der Waals surface area contributed by atoms with E-state index in [1.807, 2.05) is 0 Å². The number of amides is 3. The largest absolute Gasteiger partial charge is 0.394 e. The lowest BCUT2D eigenvalue weighted by atomic mass is 9.96. The number of nitrogens with zero attached hydrogens (tertiary/aromatic N) is 9.